The number of carboxylic acids is 1. The van der Waals surface area contributed by atoms with E-state index in [4.69, 9.17) is 5.11 Å². The summed E-state index contributed by atoms with van der Waals surface area (Å²) in [7, 11) is 0. The van der Waals surface area contributed by atoms with E-state index >= 15 is 0 Å². The van der Waals surface area contributed by atoms with Crippen LogP contribution in [-0.4, -0.2) is 30.2 Å². The highest BCUT2D eigenvalue weighted by Crippen LogP contribution is 2.13. The van der Waals surface area contributed by atoms with Crippen LogP contribution >= 0.6 is 0 Å². The highest BCUT2D eigenvalue weighted by molar-refractivity contribution is 5.71. The van der Waals surface area contributed by atoms with Gasteiger partial charge in [-0.3, -0.25) is 19.1 Å². The second kappa shape index (κ2) is 5.94. The molecule has 8 nitrogen and oxygen atoms in total. The summed E-state index contributed by atoms with van der Waals surface area (Å²) < 4.78 is 3.14. The molecule has 8 heteroatoms. The van der Waals surface area contributed by atoms with Gasteiger partial charge >= 0.3 is 11.7 Å². The highest BCUT2D eigenvalue weighted by atomic mass is 16.4. The molecule has 0 spiro atoms. The zero-order valence-electron chi connectivity index (χ0n) is 12.0. The Kier molecular flexibility index (Phi) is 4.25. The van der Waals surface area contributed by atoms with E-state index in [0.29, 0.717) is 42.9 Å². The molecule has 0 atom stereocenters. The lowest BCUT2D eigenvalue weighted by atomic mass is 10.2. The molecule has 2 heterocycles. The molecule has 0 amide bonds. The minimum absolute atomic E-state index is 0.0455. The zero-order chi connectivity index (χ0) is 15.6. The number of aliphatic carboxylic acids is 1. The van der Waals surface area contributed by atoms with Crippen molar-refractivity contribution in [3.63, 3.8) is 0 Å². The van der Waals surface area contributed by atoms with E-state index in [-0.39, 0.29) is 6.42 Å². The molecule has 0 unspecified atom stereocenters. The van der Waals surface area contributed by atoms with Gasteiger partial charge in [0, 0.05) is 25.9 Å². The fraction of sp³-hybridized carbons (Fsp3) is 0.538. The van der Waals surface area contributed by atoms with E-state index in [0.717, 1.165) is 0 Å². The van der Waals surface area contributed by atoms with Crippen LogP contribution in [0.4, 0.5) is 0 Å². The Bertz CT molecular complexity index is 784. The number of aryl methyl sites for hydroxylation is 3. The van der Waals surface area contributed by atoms with E-state index in [1.54, 1.807) is 11.5 Å². The predicted octanol–water partition coefficient (Wildman–Crippen LogP) is 0.333. The van der Waals surface area contributed by atoms with Crippen molar-refractivity contribution < 1.29 is 9.90 Å². The molecule has 0 aliphatic carbocycles. The smallest absolute Gasteiger partial charge is 0.330 e. The minimum atomic E-state index is -0.863. The van der Waals surface area contributed by atoms with Crippen molar-refractivity contribution in [1.82, 2.24) is 19.1 Å². The van der Waals surface area contributed by atoms with Gasteiger partial charge in [-0.1, -0.05) is 0 Å². The summed E-state index contributed by atoms with van der Waals surface area (Å²) in [6, 6.07) is 0. The number of carbonyl (C=O) groups is 1. The number of rotatable bonds is 6. The molecule has 2 aromatic rings. The Hall–Kier alpha value is -2.38. The lowest BCUT2D eigenvalue weighted by Crippen LogP contribution is -2.30. The van der Waals surface area contributed by atoms with Crippen molar-refractivity contribution in [3.05, 3.63) is 26.7 Å². The van der Waals surface area contributed by atoms with Gasteiger partial charge in [-0.05, 0) is 20.3 Å². The van der Waals surface area contributed by atoms with Crippen LogP contribution in [0.5, 0.6) is 0 Å². The topological polar surface area (TPSA) is 110 Å². The van der Waals surface area contributed by atoms with Crippen LogP contribution in [-0.2, 0) is 24.3 Å². The van der Waals surface area contributed by atoms with E-state index in [1.807, 2.05) is 6.92 Å². The van der Waals surface area contributed by atoms with Gasteiger partial charge in [-0.15, -0.1) is 0 Å². The normalized spacial score (nSPS) is 11.1. The van der Waals surface area contributed by atoms with Crippen molar-refractivity contribution in [3.8, 4) is 0 Å². The standard InChI is InChI=1S/C13H18N4O4/c1-3-16-8(6-5-7-9(18)19)14-11-10(16)12(20)15-13(21)17(11)4-2/h3-7H2,1-2H3,(H,18,19)(H,15,20,21). The van der Waals surface area contributed by atoms with Gasteiger partial charge < -0.3 is 9.67 Å². The van der Waals surface area contributed by atoms with Crippen LogP contribution in [0.3, 0.4) is 0 Å². The largest absolute Gasteiger partial charge is 0.481 e. The van der Waals surface area contributed by atoms with Gasteiger partial charge in [-0.25, -0.2) is 9.78 Å². The molecule has 0 radical (unpaired) electrons. The summed E-state index contributed by atoms with van der Waals surface area (Å²) >= 11 is 0. The first-order valence-electron chi connectivity index (χ1n) is 6.93. The minimum Gasteiger partial charge on any atom is -0.481 e. The Morgan fingerprint density at radius 2 is 1.90 bits per heavy atom. The molecule has 2 aromatic heterocycles. The third-order valence-electron chi connectivity index (χ3n) is 3.39. The van der Waals surface area contributed by atoms with Gasteiger partial charge in [-0.2, -0.15) is 0 Å². The Morgan fingerprint density at radius 1 is 1.24 bits per heavy atom. The van der Waals surface area contributed by atoms with Crippen LogP contribution < -0.4 is 11.2 Å². The molecule has 2 N–H and O–H groups in total. The molecule has 0 saturated heterocycles. The first-order chi connectivity index (χ1) is 9.99. The molecule has 2 rings (SSSR count). The van der Waals surface area contributed by atoms with Crippen molar-refractivity contribution in [2.45, 2.75) is 46.2 Å². The highest BCUT2D eigenvalue weighted by Gasteiger charge is 2.16. The van der Waals surface area contributed by atoms with Gasteiger partial charge in [0.2, 0.25) is 0 Å². The maximum atomic E-state index is 12.0. The summed E-state index contributed by atoms with van der Waals surface area (Å²) in [5, 5.41) is 8.69. The van der Waals surface area contributed by atoms with Crippen LogP contribution in [0, 0.1) is 0 Å². The number of fused-ring (bicyclic) bond motifs is 1. The Morgan fingerprint density at radius 3 is 2.48 bits per heavy atom. The molecule has 0 fully saturated rings. The van der Waals surface area contributed by atoms with Crippen molar-refractivity contribution in [1.29, 1.82) is 0 Å². The number of hydrogen-bond acceptors (Lipinski definition) is 4. The summed E-state index contributed by atoms with van der Waals surface area (Å²) in [6.45, 7) is 4.61. The molecule has 0 saturated carbocycles. The molecule has 0 aromatic carbocycles. The first kappa shape index (κ1) is 15.0. The van der Waals surface area contributed by atoms with E-state index in [9.17, 15) is 14.4 Å². The van der Waals surface area contributed by atoms with Crippen molar-refractivity contribution in [2.75, 3.05) is 0 Å². The maximum absolute atomic E-state index is 12.0. The molecule has 0 aliphatic rings. The summed E-state index contributed by atoms with van der Waals surface area (Å²) in [5.41, 5.74) is -0.214. The quantitative estimate of drug-likeness (QED) is 0.798. The van der Waals surface area contributed by atoms with Crippen molar-refractivity contribution >= 4 is 17.1 Å². The van der Waals surface area contributed by atoms with Crippen molar-refractivity contribution in [2.24, 2.45) is 0 Å². The predicted molar refractivity (Wildman–Crippen MR) is 76.5 cm³/mol. The van der Waals surface area contributed by atoms with Crippen LogP contribution in [0.25, 0.3) is 11.2 Å². The average Bonchev–Trinajstić information content (AvgIpc) is 2.77. The number of hydrogen-bond donors (Lipinski definition) is 2. The van der Waals surface area contributed by atoms with Gasteiger partial charge in [0.25, 0.3) is 5.56 Å². The first-order valence-corrected chi connectivity index (χ1v) is 6.93. The van der Waals surface area contributed by atoms with Crippen LogP contribution in [0.1, 0.15) is 32.5 Å². The lowest BCUT2D eigenvalue weighted by Gasteiger charge is -2.05. The number of carboxylic acid groups (broad SMARTS) is 1. The van der Waals surface area contributed by atoms with Gasteiger partial charge in [0.05, 0.1) is 0 Å². The summed E-state index contributed by atoms with van der Waals surface area (Å²) in [4.78, 5) is 41.1. The van der Waals surface area contributed by atoms with E-state index < -0.39 is 17.2 Å². The molecule has 0 aliphatic heterocycles. The SMILES string of the molecule is CCn1c(CCCC(=O)O)nc2c1c(=O)[nH]c(=O)n2CC. The number of imidazole rings is 1. The summed E-state index contributed by atoms with van der Waals surface area (Å²) in [5.74, 6) is -0.232. The zero-order valence-corrected chi connectivity index (χ0v) is 12.0. The Balaban J connectivity index is 2.57. The monoisotopic (exact) mass is 294 g/mol. The number of aromatic nitrogens is 4. The molecular weight excluding hydrogens is 276 g/mol. The van der Waals surface area contributed by atoms with E-state index in [1.165, 1.54) is 4.57 Å². The Labute approximate surface area is 120 Å². The summed E-state index contributed by atoms with van der Waals surface area (Å²) in [6.07, 6.45) is 0.933. The van der Waals surface area contributed by atoms with Gasteiger partial charge in [0.1, 0.15) is 5.82 Å². The third kappa shape index (κ3) is 2.74. The van der Waals surface area contributed by atoms with Gasteiger partial charge in [0.15, 0.2) is 11.2 Å². The molecule has 114 valence electrons. The second-order valence-electron chi connectivity index (χ2n) is 4.70. The fourth-order valence-electron chi connectivity index (χ4n) is 2.44. The van der Waals surface area contributed by atoms with Crippen LogP contribution in [0.15, 0.2) is 9.59 Å². The molecule has 21 heavy (non-hydrogen) atoms. The number of H-pyrrole nitrogens is 1. The maximum Gasteiger partial charge on any atom is 0.330 e. The third-order valence-corrected chi connectivity index (χ3v) is 3.39. The van der Waals surface area contributed by atoms with Crippen LogP contribution in [0.2, 0.25) is 0 Å². The number of nitrogens with one attached hydrogen (secondary N) is 1. The molecule has 0 bridgehead atoms. The lowest BCUT2D eigenvalue weighted by molar-refractivity contribution is -0.137. The van der Waals surface area contributed by atoms with E-state index in [2.05, 4.69) is 9.97 Å². The average molecular weight is 294 g/mol. The second-order valence-corrected chi connectivity index (χ2v) is 4.70. The number of aromatic amines is 1. The number of nitrogens with zero attached hydrogens (tertiary/aromatic N) is 3. The fourth-order valence-corrected chi connectivity index (χ4v) is 2.44. The molecular formula is C13H18N4O4.